The molecule has 0 radical (unpaired) electrons. The Balaban J connectivity index is 0.00000361. The van der Waals surface area contributed by atoms with E-state index in [4.69, 9.17) is 5.73 Å². The predicted molar refractivity (Wildman–Crippen MR) is 58.3 cm³/mol. The third kappa shape index (κ3) is 4.14. The van der Waals surface area contributed by atoms with Crippen LogP contribution in [0, 0.1) is 0 Å². The van der Waals surface area contributed by atoms with E-state index in [0.717, 1.165) is 18.2 Å². The highest BCUT2D eigenvalue weighted by atomic mass is 35.5. The number of benzene rings is 1. The largest absolute Gasteiger partial charge is 0.455 e. The molecule has 1 rings (SSSR count). The lowest BCUT2D eigenvalue weighted by atomic mass is 10.0. The van der Waals surface area contributed by atoms with Crippen molar-refractivity contribution < 1.29 is 35.5 Å². The van der Waals surface area contributed by atoms with Crippen molar-refractivity contribution in [2.45, 2.75) is 24.8 Å². The van der Waals surface area contributed by atoms with Gasteiger partial charge in [0.15, 0.2) is 0 Å². The van der Waals surface area contributed by atoms with Crippen molar-refractivity contribution in [3.05, 3.63) is 29.8 Å². The van der Waals surface area contributed by atoms with Crippen molar-refractivity contribution >= 4 is 12.4 Å². The lowest BCUT2D eigenvalue weighted by Gasteiger charge is -2.26. The molecule has 0 saturated heterocycles. The van der Waals surface area contributed by atoms with Crippen LogP contribution in [0.3, 0.4) is 0 Å². The first-order chi connectivity index (χ1) is 8.55. The molecule has 1 aromatic carbocycles. The zero-order valence-electron chi connectivity index (χ0n) is 9.50. The Labute approximate surface area is 115 Å². The summed E-state index contributed by atoms with van der Waals surface area (Å²) in [5.41, 5.74) is 4.18. The quantitative estimate of drug-likeness (QED) is 0.851. The van der Waals surface area contributed by atoms with Crippen molar-refractivity contribution in [3.8, 4) is 5.75 Å². The van der Waals surface area contributed by atoms with Crippen LogP contribution in [0.4, 0.5) is 30.7 Å². The standard InChI is InChI=1S/C10H8F7NO.ClH/c11-8(12)19-6-3-1-2-5(4-6)7(18)9(13,14)10(15,16)17;/h1-4,7-8H,18H2;1H/t7-;/m0./s1. The van der Waals surface area contributed by atoms with Crippen LogP contribution in [0.2, 0.25) is 0 Å². The second kappa shape index (κ2) is 6.49. The van der Waals surface area contributed by atoms with Crippen LogP contribution in [-0.2, 0) is 0 Å². The highest BCUT2D eigenvalue weighted by Crippen LogP contribution is 2.43. The number of hydrogen-bond donors (Lipinski definition) is 1. The highest BCUT2D eigenvalue weighted by molar-refractivity contribution is 5.85. The molecule has 116 valence electrons. The Morgan fingerprint density at radius 2 is 1.60 bits per heavy atom. The summed E-state index contributed by atoms with van der Waals surface area (Å²) in [6, 6.07) is 0.723. The molecule has 0 aliphatic rings. The zero-order chi connectivity index (χ0) is 14.8. The van der Waals surface area contributed by atoms with Crippen LogP contribution in [0.25, 0.3) is 0 Å². The number of rotatable bonds is 4. The Hall–Kier alpha value is -1.22. The topological polar surface area (TPSA) is 35.2 Å². The molecule has 0 aliphatic carbocycles. The molecule has 0 spiro atoms. The van der Waals surface area contributed by atoms with Gasteiger partial charge in [0.05, 0.1) is 0 Å². The molecule has 20 heavy (non-hydrogen) atoms. The fraction of sp³-hybridized carbons (Fsp3) is 0.400. The summed E-state index contributed by atoms with van der Waals surface area (Å²) >= 11 is 0. The highest BCUT2D eigenvalue weighted by Gasteiger charge is 2.61. The molecule has 1 atom stereocenters. The van der Waals surface area contributed by atoms with Crippen molar-refractivity contribution in [2.24, 2.45) is 5.73 Å². The fourth-order valence-electron chi connectivity index (χ4n) is 1.27. The van der Waals surface area contributed by atoms with Crippen molar-refractivity contribution in [2.75, 3.05) is 0 Å². The van der Waals surface area contributed by atoms with Crippen molar-refractivity contribution in [1.82, 2.24) is 0 Å². The molecule has 0 saturated carbocycles. The Kier molecular flexibility index (Phi) is 6.09. The average Bonchev–Trinajstić information content (AvgIpc) is 2.25. The Morgan fingerprint density at radius 1 is 1.05 bits per heavy atom. The lowest BCUT2D eigenvalue weighted by molar-refractivity contribution is -0.291. The summed E-state index contributed by atoms with van der Waals surface area (Å²) in [6.45, 7) is -3.23. The van der Waals surface area contributed by atoms with E-state index in [-0.39, 0.29) is 12.4 Å². The van der Waals surface area contributed by atoms with Gasteiger partial charge in [0.25, 0.3) is 0 Å². The molecule has 2 N–H and O–H groups in total. The van der Waals surface area contributed by atoms with Crippen molar-refractivity contribution in [1.29, 1.82) is 0 Å². The second-order valence-corrected chi connectivity index (χ2v) is 3.55. The van der Waals surface area contributed by atoms with E-state index >= 15 is 0 Å². The van der Waals surface area contributed by atoms with E-state index in [1.165, 1.54) is 0 Å². The summed E-state index contributed by atoms with van der Waals surface area (Å²) < 4.78 is 89.9. The molecule has 0 heterocycles. The normalized spacial score (nSPS) is 13.8. The number of hydrogen-bond acceptors (Lipinski definition) is 2. The second-order valence-electron chi connectivity index (χ2n) is 3.55. The van der Waals surface area contributed by atoms with Crippen LogP contribution in [0.1, 0.15) is 11.6 Å². The molecular formula is C10H9ClF7NO. The monoisotopic (exact) mass is 327 g/mol. The maximum atomic E-state index is 13.0. The van der Waals surface area contributed by atoms with E-state index in [2.05, 4.69) is 4.74 Å². The van der Waals surface area contributed by atoms with Gasteiger partial charge < -0.3 is 10.5 Å². The molecule has 10 heteroatoms. The molecule has 0 bridgehead atoms. The van der Waals surface area contributed by atoms with Crippen LogP contribution in [0.15, 0.2) is 24.3 Å². The molecular weight excluding hydrogens is 319 g/mol. The van der Waals surface area contributed by atoms with Gasteiger partial charge in [-0.15, -0.1) is 12.4 Å². The number of halogens is 8. The molecule has 0 unspecified atom stereocenters. The first-order valence-corrected chi connectivity index (χ1v) is 4.80. The summed E-state index contributed by atoms with van der Waals surface area (Å²) in [5, 5.41) is 0. The smallest absolute Gasteiger partial charge is 0.435 e. The van der Waals surface area contributed by atoms with Gasteiger partial charge in [-0.1, -0.05) is 12.1 Å². The van der Waals surface area contributed by atoms with Gasteiger partial charge in [-0.2, -0.15) is 30.7 Å². The van der Waals surface area contributed by atoms with Crippen LogP contribution < -0.4 is 10.5 Å². The summed E-state index contributed by atoms with van der Waals surface area (Å²) in [5.74, 6) is -5.74. The Morgan fingerprint density at radius 3 is 2.05 bits per heavy atom. The van der Waals surface area contributed by atoms with E-state index in [0.29, 0.717) is 6.07 Å². The van der Waals surface area contributed by atoms with Gasteiger partial charge in [0.2, 0.25) is 0 Å². The number of ether oxygens (including phenoxy) is 1. The minimum absolute atomic E-state index is 0. The number of alkyl halides is 7. The first kappa shape index (κ1) is 18.8. The summed E-state index contributed by atoms with van der Waals surface area (Å²) in [6.07, 6.45) is -5.84. The van der Waals surface area contributed by atoms with E-state index in [9.17, 15) is 30.7 Å². The third-order valence-electron chi connectivity index (χ3n) is 2.21. The van der Waals surface area contributed by atoms with Gasteiger partial charge in [0, 0.05) is 0 Å². The van der Waals surface area contributed by atoms with Gasteiger partial charge in [-0.25, -0.2) is 0 Å². The molecule has 2 nitrogen and oxygen atoms in total. The molecule has 0 aliphatic heterocycles. The maximum Gasteiger partial charge on any atom is 0.455 e. The van der Waals surface area contributed by atoms with Gasteiger partial charge in [0.1, 0.15) is 11.8 Å². The average molecular weight is 328 g/mol. The minimum Gasteiger partial charge on any atom is -0.435 e. The van der Waals surface area contributed by atoms with E-state index < -0.39 is 36.1 Å². The van der Waals surface area contributed by atoms with E-state index in [1.54, 1.807) is 0 Å². The van der Waals surface area contributed by atoms with Gasteiger partial charge in [-0.3, -0.25) is 0 Å². The van der Waals surface area contributed by atoms with E-state index in [1.807, 2.05) is 0 Å². The van der Waals surface area contributed by atoms with Crippen LogP contribution in [-0.4, -0.2) is 18.7 Å². The van der Waals surface area contributed by atoms with Crippen molar-refractivity contribution in [3.63, 3.8) is 0 Å². The third-order valence-corrected chi connectivity index (χ3v) is 2.21. The van der Waals surface area contributed by atoms with Crippen LogP contribution >= 0.6 is 12.4 Å². The summed E-state index contributed by atoms with van der Waals surface area (Å²) in [7, 11) is 0. The van der Waals surface area contributed by atoms with Gasteiger partial charge >= 0.3 is 18.7 Å². The fourth-order valence-corrected chi connectivity index (χ4v) is 1.27. The van der Waals surface area contributed by atoms with Crippen LogP contribution in [0.5, 0.6) is 5.75 Å². The maximum absolute atomic E-state index is 13.0. The zero-order valence-corrected chi connectivity index (χ0v) is 10.3. The number of nitrogens with two attached hydrogens (primary N) is 1. The molecule has 0 fully saturated rings. The van der Waals surface area contributed by atoms with Gasteiger partial charge in [-0.05, 0) is 17.7 Å². The summed E-state index contributed by atoms with van der Waals surface area (Å²) in [4.78, 5) is 0. The SMILES string of the molecule is Cl.N[C@@H](c1cccc(OC(F)F)c1)C(F)(F)C(F)(F)F. The molecule has 1 aromatic rings. The minimum atomic E-state index is -5.84. The lowest BCUT2D eigenvalue weighted by Crippen LogP contribution is -2.45. The Bertz CT molecular complexity index is 438. The molecule has 0 aromatic heterocycles. The molecule has 0 amide bonds. The first-order valence-electron chi connectivity index (χ1n) is 4.80. The predicted octanol–water partition coefficient (Wildman–Crippen LogP) is 3.91.